The molecule has 0 radical (unpaired) electrons. The summed E-state index contributed by atoms with van der Waals surface area (Å²) in [4.78, 5) is 24.9. The lowest BCUT2D eigenvalue weighted by Crippen LogP contribution is -2.46. The molecule has 1 aliphatic heterocycles. The summed E-state index contributed by atoms with van der Waals surface area (Å²) in [7, 11) is 0. The van der Waals surface area contributed by atoms with Gasteiger partial charge in [0.15, 0.2) is 0 Å². The van der Waals surface area contributed by atoms with Crippen molar-refractivity contribution in [2.24, 2.45) is 5.41 Å². The number of amides is 1. The Labute approximate surface area is 113 Å². The zero-order valence-electron chi connectivity index (χ0n) is 11.6. The van der Waals surface area contributed by atoms with Crippen LogP contribution in [0.5, 0.6) is 0 Å². The van der Waals surface area contributed by atoms with Gasteiger partial charge < -0.3 is 14.7 Å². The smallest absolute Gasteiger partial charge is 0.329 e. The van der Waals surface area contributed by atoms with Crippen molar-refractivity contribution in [3.8, 4) is 0 Å². The van der Waals surface area contributed by atoms with E-state index in [1.807, 2.05) is 4.90 Å². The van der Waals surface area contributed by atoms with Crippen molar-refractivity contribution < 1.29 is 19.4 Å². The van der Waals surface area contributed by atoms with Crippen LogP contribution < -0.4 is 0 Å². The average molecular weight is 269 g/mol. The third-order valence-electron chi connectivity index (χ3n) is 4.40. The normalized spacial score (nSPS) is 23.5. The molecule has 0 unspecified atom stereocenters. The van der Waals surface area contributed by atoms with Crippen LogP contribution in [0, 0.1) is 5.41 Å². The fourth-order valence-corrected chi connectivity index (χ4v) is 3.17. The van der Waals surface area contributed by atoms with E-state index in [2.05, 4.69) is 6.92 Å². The van der Waals surface area contributed by atoms with Gasteiger partial charge in [0, 0.05) is 18.5 Å². The van der Waals surface area contributed by atoms with Crippen LogP contribution in [0.4, 0.5) is 0 Å². The Morgan fingerprint density at radius 3 is 2.37 bits per heavy atom. The highest BCUT2D eigenvalue weighted by Gasteiger charge is 2.40. The largest absolute Gasteiger partial charge is 0.480 e. The van der Waals surface area contributed by atoms with E-state index in [1.165, 1.54) is 0 Å². The molecule has 5 heteroatoms. The summed E-state index contributed by atoms with van der Waals surface area (Å²) in [6.45, 7) is 3.23. The lowest BCUT2D eigenvalue weighted by molar-refractivity contribution is -0.149. The van der Waals surface area contributed by atoms with Crippen molar-refractivity contribution >= 4 is 11.9 Å². The van der Waals surface area contributed by atoms with Gasteiger partial charge in [0.05, 0.1) is 6.10 Å². The quantitative estimate of drug-likeness (QED) is 0.843. The number of carbonyl (C=O) groups excluding carboxylic acids is 1. The van der Waals surface area contributed by atoms with Gasteiger partial charge in [0.25, 0.3) is 0 Å². The first-order valence-corrected chi connectivity index (χ1v) is 7.14. The second-order valence-electron chi connectivity index (χ2n) is 5.96. The summed E-state index contributed by atoms with van der Waals surface area (Å²) in [6, 6.07) is 0. The first-order chi connectivity index (χ1) is 9.01. The minimum Gasteiger partial charge on any atom is -0.480 e. The molecule has 1 aliphatic carbocycles. The van der Waals surface area contributed by atoms with Crippen molar-refractivity contribution in [2.45, 2.75) is 51.6 Å². The van der Waals surface area contributed by atoms with E-state index < -0.39 is 5.97 Å². The maximum Gasteiger partial charge on any atom is 0.329 e. The number of rotatable bonds is 4. The maximum atomic E-state index is 12.5. The van der Waals surface area contributed by atoms with E-state index in [0.29, 0.717) is 13.1 Å². The van der Waals surface area contributed by atoms with Gasteiger partial charge in [-0.1, -0.05) is 19.8 Å². The van der Waals surface area contributed by atoms with Crippen LogP contribution in [0.1, 0.15) is 45.4 Å². The molecule has 0 aromatic heterocycles. The molecular formula is C14H23NO4. The van der Waals surface area contributed by atoms with E-state index in [9.17, 15) is 9.59 Å². The third kappa shape index (κ3) is 3.47. The standard InChI is InChI=1S/C14H23NO4/c1-14(6-2-3-7-14)13(18)15-8-4-11(5-9-15)19-10-12(16)17/h11H,2-10H2,1H3,(H,16,17). The summed E-state index contributed by atoms with van der Waals surface area (Å²) in [5.74, 6) is -0.654. The van der Waals surface area contributed by atoms with E-state index in [-0.39, 0.29) is 24.0 Å². The topological polar surface area (TPSA) is 66.8 Å². The van der Waals surface area contributed by atoms with Crippen LogP contribution in [0.3, 0.4) is 0 Å². The predicted molar refractivity (Wildman–Crippen MR) is 69.8 cm³/mol. The molecule has 5 nitrogen and oxygen atoms in total. The average Bonchev–Trinajstić information content (AvgIpc) is 2.84. The van der Waals surface area contributed by atoms with Crippen LogP contribution >= 0.6 is 0 Å². The lowest BCUT2D eigenvalue weighted by Gasteiger charge is -2.36. The van der Waals surface area contributed by atoms with E-state index in [4.69, 9.17) is 9.84 Å². The highest BCUT2D eigenvalue weighted by atomic mass is 16.5. The molecule has 1 N–H and O–H groups in total. The summed E-state index contributed by atoms with van der Waals surface area (Å²) in [5.41, 5.74) is -0.158. The number of aliphatic carboxylic acids is 1. The van der Waals surface area contributed by atoms with Gasteiger partial charge in [-0.25, -0.2) is 4.79 Å². The van der Waals surface area contributed by atoms with Crippen molar-refractivity contribution in [3.05, 3.63) is 0 Å². The van der Waals surface area contributed by atoms with E-state index >= 15 is 0 Å². The highest BCUT2D eigenvalue weighted by molar-refractivity contribution is 5.82. The molecule has 1 amide bonds. The number of likely N-dealkylation sites (tertiary alicyclic amines) is 1. The van der Waals surface area contributed by atoms with Gasteiger partial charge in [-0.2, -0.15) is 0 Å². The Morgan fingerprint density at radius 1 is 1.26 bits per heavy atom. The Bertz CT molecular complexity index is 341. The van der Waals surface area contributed by atoms with Gasteiger partial charge in [-0.05, 0) is 25.7 Å². The lowest BCUT2D eigenvalue weighted by atomic mass is 9.86. The summed E-state index contributed by atoms with van der Waals surface area (Å²) in [6.07, 6.45) is 5.78. The summed E-state index contributed by atoms with van der Waals surface area (Å²) in [5, 5.41) is 8.57. The zero-order chi connectivity index (χ0) is 13.9. The molecule has 0 atom stereocenters. The number of piperidine rings is 1. The van der Waals surface area contributed by atoms with Crippen molar-refractivity contribution in [1.29, 1.82) is 0 Å². The SMILES string of the molecule is CC1(C(=O)N2CCC(OCC(=O)O)CC2)CCCC1. The molecular weight excluding hydrogens is 246 g/mol. The molecule has 2 aliphatic rings. The van der Waals surface area contributed by atoms with Gasteiger partial charge in [0.1, 0.15) is 6.61 Å². The maximum absolute atomic E-state index is 12.5. The molecule has 1 saturated heterocycles. The van der Waals surface area contributed by atoms with Crippen LogP contribution in [0.25, 0.3) is 0 Å². The molecule has 108 valence electrons. The van der Waals surface area contributed by atoms with Crippen LogP contribution in [0.2, 0.25) is 0 Å². The van der Waals surface area contributed by atoms with E-state index in [1.54, 1.807) is 0 Å². The molecule has 2 fully saturated rings. The minimum absolute atomic E-state index is 0.0171. The van der Waals surface area contributed by atoms with E-state index in [0.717, 1.165) is 38.5 Å². The molecule has 2 rings (SSSR count). The molecule has 1 saturated carbocycles. The monoisotopic (exact) mass is 269 g/mol. The zero-order valence-corrected chi connectivity index (χ0v) is 11.6. The van der Waals surface area contributed by atoms with Gasteiger partial charge >= 0.3 is 5.97 Å². The number of carboxylic acids is 1. The Balaban J connectivity index is 1.79. The number of hydrogen-bond donors (Lipinski definition) is 1. The molecule has 0 bridgehead atoms. The number of carboxylic acid groups (broad SMARTS) is 1. The molecule has 19 heavy (non-hydrogen) atoms. The predicted octanol–water partition coefficient (Wildman–Crippen LogP) is 1.66. The number of carbonyl (C=O) groups is 2. The number of ether oxygens (including phenoxy) is 1. The Kier molecular flexibility index (Phi) is 4.45. The van der Waals surface area contributed by atoms with Crippen LogP contribution in [-0.2, 0) is 14.3 Å². The Hall–Kier alpha value is -1.10. The second kappa shape index (κ2) is 5.90. The first kappa shape index (κ1) is 14.3. The van der Waals surface area contributed by atoms with Gasteiger partial charge in [-0.3, -0.25) is 4.79 Å². The molecule has 1 heterocycles. The van der Waals surface area contributed by atoms with Gasteiger partial charge in [-0.15, -0.1) is 0 Å². The van der Waals surface area contributed by atoms with Crippen LogP contribution in [-0.4, -0.2) is 47.7 Å². The molecule has 0 spiro atoms. The Morgan fingerprint density at radius 2 is 1.84 bits per heavy atom. The van der Waals surface area contributed by atoms with Gasteiger partial charge in [0.2, 0.25) is 5.91 Å². The third-order valence-corrected chi connectivity index (χ3v) is 4.40. The molecule has 0 aromatic rings. The minimum atomic E-state index is -0.933. The fraction of sp³-hybridized carbons (Fsp3) is 0.857. The molecule has 0 aromatic carbocycles. The summed E-state index contributed by atoms with van der Waals surface area (Å²) < 4.78 is 5.29. The van der Waals surface area contributed by atoms with Crippen LogP contribution in [0.15, 0.2) is 0 Å². The fourth-order valence-electron chi connectivity index (χ4n) is 3.17. The van der Waals surface area contributed by atoms with Crippen molar-refractivity contribution in [2.75, 3.05) is 19.7 Å². The second-order valence-corrected chi connectivity index (χ2v) is 5.96. The number of nitrogens with zero attached hydrogens (tertiary/aromatic N) is 1. The first-order valence-electron chi connectivity index (χ1n) is 7.14. The number of hydrogen-bond acceptors (Lipinski definition) is 3. The van der Waals surface area contributed by atoms with Crippen molar-refractivity contribution in [3.63, 3.8) is 0 Å². The van der Waals surface area contributed by atoms with Crippen molar-refractivity contribution in [1.82, 2.24) is 4.90 Å². The highest BCUT2D eigenvalue weighted by Crippen LogP contribution is 2.39. The summed E-state index contributed by atoms with van der Waals surface area (Å²) >= 11 is 0.